The molecule has 0 bridgehead atoms. The molecule has 1 saturated heterocycles. The lowest BCUT2D eigenvalue weighted by atomic mass is 9.98. The molecule has 3 heteroatoms. The van der Waals surface area contributed by atoms with Crippen LogP contribution in [0.1, 0.15) is 44.2 Å². The van der Waals surface area contributed by atoms with Crippen LogP contribution >= 0.6 is 0 Å². The van der Waals surface area contributed by atoms with Gasteiger partial charge in [0.05, 0.1) is 0 Å². The van der Waals surface area contributed by atoms with Gasteiger partial charge in [-0.15, -0.1) is 0 Å². The van der Waals surface area contributed by atoms with Crippen LogP contribution in [0.15, 0.2) is 30.3 Å². The third kappa shape index (κ3) is 3.80. The zero-order valence-electron chi connectivity index (χ0n) is 11.9. The van der Waals surface area contributed by atoms with Crippen molar-refractivity contribution < 1.29 is 4.79 Å². The molecule has 2 unspecified atom stereocenters. The topological polar surface area (TPSA) is 32.3 Å². The molecular formula is C16H24N2O. The quantitative estimate of drug-likeness (QED) is 0.883. The van der Waals surface area contributed by atoms with Gasteiger partial charge in [-0.2, -0.15) is 0 Å². The highest BCUT2D eigenvalue weighted by molar-refractivity contribution is 5.76. The van der Waals surface area contributed by atoms with Gasteiger partial charge >= 0.3 is 0 Å². The summed E-state index contributed by atoms with van der Waals surface area (Å²) in [5.41, 5.74) is 1.35. The number of piperidine rings is 1. The predicted octanol–water partition coefficient (Wildman–Crippen LogP) is 2.74. The minimum atomic E-state index is 0.268. The summed E-state index contributed by atoms with van der Waals surface area (Å²) in [5.74, 6) is 0.268. The van der Waals surface area contributed by atoms with Gasteiger partial charge in [0.1, 0.15) is 0 Å². The fourth-order valence-electron chi connectivity index (χ4n) is 2.75. The van der Waals surface area contributed by atoms with Crippen LogP contribution in [0, 0.1) is 0 Å². The molecule has 1 aromatic rings. The monoisotopic (exact) mass is 260 g/mol. The minimum absolute atomic E-state index is 0.268. The van der Waals surface area contributed by atoms with Crippen molar-refractivity contribution in [2.75, 3.05) is 13.6 Å². The largest absolute Gasteiger partial charge is 0.344 e. The van der Waals surface area contributed by atoms with Crippen LogP contribution in [-0.2, 0) is 4.79 Å². The van der Waals surface area contributed by atoms with E-state index in [0.717, 1.165) is 25.8 Å². The van der Waals surface area contributed by atoms with Gasteiger partial charge in [0.15, 0.2) is 0 Å². The van der Waals surface area contributed by atoms with Gasteiger partial charge in [-0.1, -0.05) is 43.7 Å². The van der Waals surface area contributed by atoms with Crippen molar-refractivity contribution >= 4 is 5.91 Å². The highest BCUT2D eigenvalue weighted by Gasteiger charge is 2.24. The number of carbonyl (C=O) groups is 1. The van der Waals surface area contributed by atoms with Gasteiger partial charge in [-0.05, 0) is 18.4 Å². The van der Waals surface area contributed by atoms with E-state index < -0.39 is 0 Å². The number of likely N-dealkylation sites (N-methyl/N-ethyl adjacent to an activating group) is 1. The maximum Gasteiger partial charge on any atom is 0.222 e. The third-order valence-electron chi connectivity index (χ3n) is 3.84. The molecule has 0 aliphatic carbocycles. The van der Waals surface area contributed by atoms with Gasteiger partial charge in [0, 0.05) is 32.1 Å². The molecule has 1 heterocycles. The molecule has 104 valence electrons. The molecule has 1 amide bonds. The first-order chi connectivity index (χ1) is 9.20. The fraction of sp³-hybridized carbons (Fsp3) is 0.562. The number of likely N-dealkylation sites (tertiary alicyclic amines) is 1. The molecule has 1 aromatic carbocycles. The standard InChI is InChI=1S/C16H24N2O/c1-3-7-15(13-8-5-4-6-9-13)17-14-10-11-16(19)18(2)12-14/h4-6,8-9,14-15,17H,3,7,10-12H2,1-2H3. The maximum absolute atomic E-state index is 11.5. The molecule has 0 radical (unpaired) electrons. The highest BCUT2D eigenvalue weighted by atomic mass is 16.2. The van der Waals surface area contributed by atoms with Crippen molar-refractivity contribution in [2.45, 2.75) is 44.7 Å². The number of rotatable bonds is 5. The van der Waals surface area contributed by atoms with Gasteiger partial charge < -0.3 is 10.2 Å². The summed E-state index contributed by atoms with van der Waals surface area (Å²) in [6, 6.07) is 11.4. The molecule has 0 aromatic heterocycles. The molecule has 19 heavy (non-hydrogen) atoms. The van der Waals surface area contributed by atoms with E-state index in [2.05, 4.69) is 42.6 Å². The summed E-state index contributed by atoms with van der Waals surface area (Å²) in [6.45, 7) is 3.04. The van der Waals surface area contributed by atoms with E-state index >= 15 is 0 Å². The molecule has 2 atom stereocenters. The van der Waals surface area contributed by atoms with Crippen molar-refractivity contribution in [3.63, 3.8) is 0 Å². The van der Waals surface area contributed by atoms with Crippen molar-refractivity contribution in [3.05, 3.63) is 35.9 Å². The smallest absolute Gasteiger partial charge is 0.222 e. The van der Waals surface area contributed by atoms with Crippen LogP contribution in [0.2, 0.25) is 0 Å². The van der Waals surface area contributed by atoms with E-state index in [4.69, 9.17) is 0 Å². The van der Waals surface area contributed by atoms with Crippen molar-refractivity contribution in [1.82, 2.24) is 10.2 Å². The zero-order valence-corrected chi connectivity index (χ0v) is 11.9. The Morgan fingerprint density at radius 3 is 2.74 bits per heavy atom. The lowest BCUT2D eigenvalue weighted by molar-refractivity contribution is -0.132. The van der Waals surface area contributed by atoms with Gasteiger partial charge in [-0.25, -0.2) is 0 Å². The van der Waals surface area contributed by atoms with E-state index in [1.165, 1.54) is 5.56 Å². The summed E-state index contributed by atoms with van der Waals surface area (Å²) in [4.78, 5) is 13.4. The molecule has 1 aliphatic rings. The second-order valence-corrected chi connectivity index (χ2v) is 5.43. The first kappa shape index (κ1) is 14.1. The van der Waals surface area contributed by atoms with E-state index in [-0.39, 0.29) is 5.91 Å². The van der Waals surface area contributed by atoms with Crippen LogP contribution in [0.4, 0.5) is 0 Å². The minimum Gasteiger partial charge on any atom is -0.344 e. The van der Waals surface area contributed by atoms with E-state index in [1.54, 1.807) is 0 Å². The molecule has 1 fully saturated rings. The summed E-state index contributed by atoms with van der Waals surface area (Å²) in [5, 5.41) is 3.73. The number of hydrogen-bond donors (Lipinski definition) is 1. The summed E-state index contributed by atoms with van der Waals surface area (Å²) in [7, 11) is 1.90. The van der Waals surface area contributed by atoms with Crippen LogP contribution in [-0.4, -0.2) is 30.4 Å². The lowest BCUT2D eigenvalue weighted by Crippen LogP contribution is -2.47. The number of amides is 1. The van der Waals surface area contributed by atoms with Crippen LogP contribution in [0.3, 0.4) is 0 Å². The van der Waals surface area contributed by atoms with Crippen LogP contribution in [0.25, 0.3) is 0 Å². The Hall–Kier alpha value is -1.35. The number of carbonyl (C=O) groups excluding carboxylic acids is 1. The first-order valence-electron chi connectivity index (χ1n) is 7.25. The highest BCUT2D eigenvalue weighted by Crippen LogP contribution is 2.21. The van der Waals surface area contributed by atoms with Gasteiger partial charge in [0.2, 0.25) is 5.91 Å². The average molecular weight is 260 g/mol. The van der Waals surface area contributed by atoms with Crippen molar-refractivity contribution in [2.24, 2.45) is 0 Å². The van der Waals surface area contributed by atoms with Crippen molar-refractivity contribution in [3.8, 4) is 0 Å². The molecular weight excluding hydrogens is 236 g/mol. The molecule has 2 rings (SSSR count). The van der Waals surface area contributed by atoms with E-state index in [0.29, 0.717) is 18.5 Å². The van der Waals surface area contributed by atoms with Crippen LogP contribution in [0.5, 0.6) is 0 Å². The van der Waals surface area contributed by atoms with Gasteiger partial charge in [0.25, 0.3) is 0 Å². The molecule has 0 saturated carbocycles. The number of nitrogens with one attached hydrogen (secondary N) is 1. The molecule has 1 N–H and O–H groups in total. The molecule has 3 nitrogen and oxygen atoms in total. The Morgan fingerprint density at radius 1 is 1.37 bits per heavy atom. The lowest BCUT2D eigenvalue weighted by Gasteiger charge is -2.33. The normalized spacial score (nSPS) is 21.5. The number of hydrogen-bond acceptors (Lipinski definition) is 2. The Kier molecular flexibility index (Phi) is 4.97. The molecule has 1 aliphatic heterocycles. The Bertz CT molecular complexity index is 404. The molecule has 0 spiro atoms. The second-order valence-electron chi connectivity index (χ2n) is 5.43. The Morgan fingerprint density at radius 2 is 2.11 bits per heavy atom. The first-order valence-corrected chi connectivity index (χ1v) is 7.25. The Labute approximate surface area is 116 Å². The number of nitrogens with zero attached hydrogens (tertiary/aromatic N) is 1. The Balaban J connectivity index is 1.99. The summed E-state index contributed by atoms with van der Waals surface area (Å²) >= 11 is 0. The van der Waals surface area contributed by atoms with E-state index in [1.807, 2.05) is 11.9 Å². The number of benzene rings is 1. The van der Waals surface area contributed by atoms with Crippen LogP contribution < -0.4 is 5.32 Å². The summed E-state index contributed by atoms with van der Waals surface area (Å²) in [6.07, 6.45) is 3.92. The maximum atomic E-state index is 11.5. The second kappa shape index (κ2) is 6.71. The zero-order chi connectivity index (χ0) is 13.7. The summed E-state index contributed by atoms with van der Waals surface area (Å²) < 4.78 is 0. The third-order valence-corrected chi connectivity index (χ3v) is 3.84. The van der Waals surface area contributed by atoms with E-state index in [9.17, 15) is 4.79 Å². The van der Waals surface area contributed by atoms with Crippen molar-refractivity contribution in [1.29, 1.82) is 0 Å². The predicted molar refractivity (Wildman–Crippen MR) is 77.9 cm³/mol. The fourth-order valence-corrected chi connectivity index (χ4v) is 2.75. The average Bonchev–Trinajstić information content (AvgIpc) is 2.43. The van der Waals surface area contributed by atoms with Gasteiger partial charge in [-0.3, -0.25) is 4.79 Å². The SMILES string of the molecule is CCCC(NC1CCC(=O)N(C)C1)c1ccccc1.